The van der Waals surface area contributed by atoms with Crippen molar-refractivity contribution in [3.05, 3.63) is 56.4 Å². The van der Waals surface area contributed by atoms with Crippen molar-refractivity contribution in [1.29, 1.82) is 0 Å². The van der Waals surface area contributed by atoms with Crippen LogP contribution in [0.1, 0.15) is 34.1 Å². The molecule has 1 atom stereocenters. The van der Waals surface area contributed by atoms with Gasteiger partial charge in [-0.25, -0.2) is 4.39 Å². The van der Waals surface area contributed by atoms with E-state index in [0.717, 1.165) is 19.4 Å². The van der Waals surface area contributed by atoms with Crippen LogP contribution in [-0.2, 0) is 0 Å². The summed E-state index contributed by atoms with van der Waals surface area (Å²) in [6.07, 6.45) is 2.01. The standard InChI is InChI=1S/C15H13BrFNOS/c16-11-9-10(5-6-12(11)17)15(19)18-7-1-3-13(18)14-4-2-8-20-14/h2,4-6,8-9,13H,1,3,7H2. The number of hydrogen-bond donors (Lipinski definition) is 0. The largest absolute Gasteiger partial charge is 0.331 e. The number of halogens is 2. The number of carbonyl (C=O) groups excluding carboxylic acids is 1. The molecule has 1 aromatic heterocycles. The summed E-state index contributed by atoms with van der Waals surface area (Å²) >= 11 is 4.81. The van der Waals surface area contributed by atoms with Gasteiger partial charge in [-0.05, 0) is 58.4 Å². The van der Waals surface area contributed by atoms with Crippen LogP contribution in [0.15, 0.2) is 40.2 Å². The fraction of sp³-hybridized carbons (Fsp3) is 0.267. The number of rotatable bonds is 2. The van der Waals surface area contributed by atoms with Crippen LogP contribution in [0.3, 0.4) is 0 Å². The van der Waals surface area contributed by atoms with Crippen molar-refractivity contribution in [2.45, 2.75) is 18.9 Å². The SMILES string of the molecule is O=C(c1ccc(F)c(Br)c1)N1CCCC1c1cccs1. The predicted molar refractivity (Wildman–Crippen MR) is 81.4 cm³/mol. The normalized spacial score (nSPS) is 18.5. The highest BCUT2D eigenvalue weighted by molar-refractivity contribution is 9.10. The molecule has 0 radical (unpaired) electrons. The summed E-state index contributed by atoms with van der Waals surface area (Å²) in [5, 5.41) is 2.03. The molecule has 5 heteroatoms. The molecule has 2 heterocycles. The van der Waals surface area contributed by atoms with Crippen molar-refractivity contribution in [1.82, 2.24) is 4.90 Å². The van der Waals surface area contributed by atoms with Gasteiger partial charge in [0, 0.05) is 17.0 Å². The summed E-state index contributed by atoms with van der Waals surface area (Å²) in [6.45, 7) is 0.760. The van der Waals surface area contributed by atoms with E-state index < -0.39 is 0 Å². The van der Waals surface area contributed by atoms with Gasteiger partial charge in [0.05, 0.1) is 10.5 Å². The summed E-state index contributed by atoms with van der Waals surface area (Å²) in [7, 11) is 0. The zero-order chi connectivity index (χ0) is 14.1. The van der Waals surface area contributed by atoms with Gasteiger partial charge in [-0.3, -0.25) is 4.79 Å². The van der Waals surface area contributed by atoms with E-state index in [1.165, 1.54) is 10.9 Å². The Morgan fingerprint density at radius 1 is 1.40 bits per heavy atom. The molecule has 1 amide bonds. The average Bonchev–Trinajstić information content (AvgIpc) is 3.10. The molecule has 1 saturated heterocycles. The number of thiophene rings is 1. The minimum Gasteiger partial charge on any atom is -0.331 e. The maximum Gasteiger partial charge on any atom is 0.254 e. The molecule has 1 fully saturated rings. The van der Waals surface area contributed by atoms with Crippen molar-refractivity contribution >= 4 is 33.2 Å². The fourth-order valence-corrected chi connectivity index (χ4v) is 3.83. The third kappa shape index (κ3) is 2.52. The first-order valence-electron chi connectivity index (χ1n) is 6.46. The zero-order valence-electron chi connectivity index (χ0n) is 10.7. The lowest BCUT2D eigenvalue weighted by molar-refractivity contribution is 0.0737. The molecule has 104 valence electrons. The molecule has 0 bridgehead atoms. The zero-order valence-corrected chi connectivity index (χ0v) is 13.1. The molecule has 2 aromatic rings. The first kappa shape index (κ1) is 13.8. The molecule has 1 aliphatic rings. The van der Waals surface area contributed by atoms with Gasteiger partial charge in [0.1, 0.15) is 5.82 Å². The van der Waals surface area contributed by atoms with Crippen LogP contribution >= 0.6 is 27.3 Å². The smallest absolute Gasteiger partial charge is 0.254 e. The highest BCUT2D eigenvalue weighted by Gasteiger charge is 2.31. The van der Waals surface area contributed by atoms with Gasteiger partial charge in [-0.1, -0.05) is 6.07 Å². The Hall–Kier alpha value is -1.20. The second-order valence-corrected chi connectivity index (χ2v) is 6.63. The topological polar surface area (TPSA) is 20.3 Å². The quantitative estimate of drug-likeness (QED) is 0.770. The van der Waals surface area contributed by atoms with E-state index in [4.69, 9.17) is 0 Å². The number of amides is 1. The van der Waals surface area contributed by atoms with Gasteiger partial charge in [-0.2, -0.15) is 0 Å². The monoisotopic (exact) mass is 353 g/mol. The number of benzene rings is 1. The summed E-state index contributed by atoms with van der Waals surface area (Å²) in [5.41, 5.74) is 0.529. The van der Waals surface area contributed by atoms with Crippen LogP contribution < -0.4 is 0 Å². The van der Waals surface area contributed by atoms with Crippen LogP contribution in [0.4, 0.5) is 4.39 Å². The Balaban J connectivity index is 1.87. The summed E-state index contributed by atoms with van der Waals surface area (Å²) in [6, 6.07) is 8.67. The second-order valence-electron chi connectivity index (χ2n) is 4.80. The molecule has 3 rings (SSSR count). The number of likely N-dealkylation sites (tertiary alicyclic amines) is 1. The van der Waals surface area contributed by atoms with E-state index in [-0.39, 0.29) is 17.8 Å². The first-order chi connectivity index (χ1) is 9.66. The number of carbonyl (C=O) groups is 1. The van der Waals surface area contributed by atoms with Crippen LogP contribution in [0.25, 0.3) is 0 Å². The van der Waals surface area contributed by atoms with E-state index >= 15 is 0 Å². The minimum atomic E-state index is -0.349. The number of hydrogen-bond acceptors (Lipinski definition) is 2. The van der Waals surface area contributed by atoms with Gasteiger partial charge in [0.15, 0.2) is 0 Å². The van der Waals surface area contributed by atoms with E-state index in [2.05, 4.69) is 22.0 Å². The number of nitrogens with zero attached hydrogens (tertiary/aromatic N) is 1. The Bertz CT molecular complexity index is 629. The van der Waals surface area contributed by atoms with Crippen LogP contribution in [0.2, 0.25) is 0 Å². The van der Waals surface area contributed by atoms with Gasteiger partial charge < -0.3 is 4.90 Å². The minimum absolute atomic E-state index is 0.0263. The fourth-order valence-electron chi connectivity index (χ4n) is 2.58. The van der Waals surface area contributed by atoms with Gasteiger partial charge in [0.25, 0.3) is 5.91 Å². The summed E-state index contributed by atoms with van der Waals surface area (Å²) < 4.78 is 13.6. The van der Waals surface area contributed by atoms with E-state index in [1.54, 1.807) is 23.5 Å². The van der Waals surface area contributed by atoms with Gasteiger partial charge >= 0.3 is 0 Å². The first-order valence-corrected chi connectivity index (χ1v) is 8.13. The maximum atomic E-state index is 13.3. The van der Waals surface area contributed by atoms with Crippen molar-refractivity contribution in [3.8, 4) is 0 Å². The lowest BCUT2D eigenvalue weighted by Gasteiger charge is -2.24. The van der Waals surface area contributed by atoms with E-state index in [0.29, 0.717) is 10.0 Å². The third-order valence-electron chi connectivity index (χ3n) is 3.55. The third-order valence-corrected chi connectivity index (χ3v) is 5.13. The van der Waals surface area contributed by atoms with Crippen molar-refractivity contribution in [3.63, 3.8) is 0 Å². The Kier molecular flexibility index (Phi) is 3.89. The Morgan fingerprint density at radius 2 is 2.25 bits per heavy atom. The van der Waals surface area contributed by atoms with Gasteiger partial charge in [0.2, 0.25) is 0 Å². The summed E-state index contributed by atoms with van der Waals surface area (Å²) in [5.74, 6) is -0.376. The molecule has 1 aliphatic heterocycles. The molecular formula is C15H13BrFNOS. The lowest BCUT2D eigenvalue weighted by atomic mass is 10.1. The molecule has 2 nitrogen and oxygen atoms in total. The average molecular weight is 354 g/mol. The molecular weight excluding hydrogens is 341 g/mol. The van der Waals surface area contributed by atoms with E-state index in [9.17, 15) is 9.18 Å². The maximum absolute atomic E-state index is 13.3. The highest BCUT2D eigenvalue weighted by atomic mass is 79.9. The molecule has 1 aromatic carbocycles. The highest BCUT2D eigenvalue weighted by Crippen LogP contribution is 2.35. The van der Waals surface area contributed by atoms with Crippen LogP contribution in [0.5, 0.6) is 0 Å². The van der Waals surface area contributed by atoms with Crippen molar-refractivity contribution in [2.24, 2.45) is 0 Å². The molecule has 20 heavy (non-hydrogen) atoms. The van der Waals surface area contributed by atoms with E-state index in [1.807, 2.05) is 16.3 Å². The van der Waals surface area contributed by atoms with Crippen LogP contribution in [-0.4, -0.2) is 17.4 Å². The molecule has 0 aliphatic carbocycles. The van der Waals surface area contributed by atoms with Crippen molar-refractivity contribution < 1.29 is 9.18 Å². The summed E-state index contributed by atoms with van der Waals surface area (Å²) in [4.78, 5) is 15.7. The Labute approximate surface area is 129 Å². The molecule has 0 saturated carbocycles. The van der Waals surface area contributed by atoms with Gasteiger partial charge in [-0.15, -0.1) is 11.3 Å². The van der Waals surface area contributed by atoms with Crippen molar-refractivity contribution in [2.75, 3.05) is 6.54 Å². The molecule has 0 spiro atoms. The molecule has 1 unspecified atom stereocenters. The Morgan fingerprint density at radius 3 is 2.95 bits per heavy atom. The van der Waals surface area contributed by atoms with Crippen LogP contribution in [0, 0.1) is 5.82 Å². The lowest BCUT2D eigenvalue weighted by Crippen LogP contribution is -2.30. The predicted octanol–water partition coefficient (Wildman–Crippen LogP) is 4.63. The molecule has 0 N–H and O–H groups in total. The second kappa shape index (κ2) is 5.66.